The van der Waals surface area contributed by atoms with Gasteiger partial charge in [0.1, 0.15) is 0 Å². The Morgan fingerprint density at radius 1 is 1.00 bits per heavy atom. The fourth-order valence-electron chi connectivity index (χ4n) is 2.70. The van der Waals surface area contributed by atoms with Crippen LogP contribution in [0.2, 0.25) is 0 Å². The van der Waals surface area contributed by atoms with E-state index in [1.54, 1.807) is 9.80 Å². The minimum Gasteiger partial charge on any atom is -0.468 e. The molecule has 0 radical (unpaired) electrons. The molecule has 0 aliphatic rings. The Morgan fingerprint density at radius 2 is 1.63 bits per heavy atom. The lowest BCUT2D eigenvalue weighted by atomic mass is 10.2. The summed E-state index contributed by atoms with van der Waals surface area (Å²) in [4.78, 5) is 28.0. The first-order chi connectivity index (χ1) is 13.1. The highest BCUT2D eigenvalue weighted by Gasteiger charge is 2.21. The minimum absolute atomic E-state index is 0.0119. The van der Waals surface area contributed by atoms with E-state index in [9.17, 15) is 9.59 Å². The lowest BCUT2D eigenvalue weighted by molar-refractivity contribution is -0.142. The lowest BCUT2D eigenvalue weighted by Crippen LogP contribution is -2.42. The number of benzene rings is 2. The Hall–Kier alpha value is -3.17. The van der Waals surface area contributed by atoms with Gasteiger partial charge >= 0.3 is 5.97 Å². The number of carbonyl (C=O) groups excluding carboxylic acids is 2. The monoisotopic (exact) mass is 365 g/mol. The summed E-state index contributed by atoms with van der Waals surface area (Å²) in [7, 11) is 1.33. The van der Waals surface area contributed by atoms with Crippen molar-refractivity contribution in [2.45, 2.75) is 13.0 Å². The van der Waals surface area contributed by atoms with Crippen LogP contribution in [0.15, 0.2) is 60.7 Å². The second-order valence-corrected chi connectivity index (χ2v) is 6.00. The Bertz CT molecular complexity index is 772. The Balaban J connectivity index is 2.15. The van der Waals surface area contributed by atoms with Gasteiger partial charge in [-0.3, -0.25) is 14.5 Å². The Morgan fingerprint density at radius 3 is 2.22 bits per heavy atom. The normalized spacial score (nSPS) is 10.3. The Labute approximate surface area is 159 Å². The summed E-state index contributed by atoms with van der Waals surface area (Å²) in [6, 6.07) is 20.9. The van der Waals surface area contributed by atoms with Crippen LogP contribution in [0.3, 0.4) is 0 Å². The van der Waals surface area contributed by atoms with Crippen LogP contribution >= 0.6 is 0 Å². The van der Waals surface area contributed by atoms with Crippen molar-refractivity contribution < 1.29 is 14.3 Å². The van der Waals surface area contributed by atoms with E-state index in [-0.39, 0.29) is 25.4 Å². The van der Waals surface area contributed by atoms with E-state index in [1.807, 2.05) is 60.7 Å². The van der Waals surface area contributed by atoms with Gasteiger partial charge in [0.15, 0.2) is 0 Å². The van der Waals surface area contributed by atoms with Gasteiger partial charge in [0.25, 0.3) is 0 Å². The maximum Gasteiger partial charge on any atom is 0.319 e. The molecule has 0 aromatic heterocycles. The van der Waals surface area contributed by atoms with Crippen molar-refractivity contribution >= 4 is 17.6 Å². The van der Waals surface area contributed by atoms with Gasteiger partial charge in [0.2, 0.25) is 5.91 Å². The molecule has 140 valence electrons. The number of nitriles is 1. The fraction of sp³-hybridized carbons (Fsp3) is 0.286. The molecule has 0 aliphatic carbocycles. The minimum atomic E-state index is -0.401. The first-order valence-corrected chi connectivity index (χ1v) is 8.69. The van der Waals surface area contributed by atoms with Crippen LogP contribution in [-0.2, 0) is 20.9 Å². The molecule has 0 saturated heterocycles. The van der Waals surface area contributed by atoms with Crippen molar-refractivity contribution in [3.05, 3.63) is 66.2 Å². The summed E-state index contributed by atoms with van der Waals surface area (Å²) in [6.45, 7) is 0.807. The quantitative estimate of drug-likeness (QED) is 0.639. The van der Waals surface area contributed by atoms with Gasteiger partial charge in [-0.2, -0.15) is 5.26 Å². The summed E-state index contributed by atoms with van der Waals surface area (Å²) in [5.41, 5.74) is 1.73. The fourth-order valence-corrected chi connectivity index (χ4v) is 2.70. The van der Waals surface area contributed by atoms with Gasteiger partial charge in [0, 0.05) is 18.8 Å². The van der Waals surface area contributed by atoms with E-state index in [0.29, 0.717) is 13.1 Å². The zero-order chi connectivity index (χ0) is 19.5. The molecule has 0 unspecified atom stereocenters. The first-order valence-electron chi connectivity index (χ1n) is 8.69. The number of rotatable bonds is 9. The number of para-hydroxylation sites is 1. The van der Waals surface area contributed by atoms with Gasteiger partial charge < -0.3 is 9.64 Å². The highest BCUT2D eigenvalue weighted by atomic mass is 16.5. The molecule has 0 bridgehead atoms. The molecule has 2 rings (SSSR count). The third-order valence-electron chi connectivity index (χ3n) is 4.00. The van der Waals surface area contributed by atoms with E-state index in [4.69, 9.17) is 10.00 Å². The van der Waals surface area contributed by atoms with E-state index in [0.717, 1.165) is 11.3 Å². The number of anilines is 1. The summed E-state index contributed by atoms with van der Waals surface area (Å²) >= 11 is 0. The van der Waals surface area contributed by atoms with Gasteiger partial charge in [-0.25, -0.2) is 0 Å². The number of hydrogen-bond donors (Lipinski definition) is 0. The number of carbonyl (C=O) groups is 2. The van der Waals surface area contributed by atoms with E-state index in [1.165, 1.54) is 7.11 Å². The lowest BCUT2D eigenvalue weighted by Gasteiger charge is -2.26. The number of methoxy groups -OCH3 is 1. The van der Waals surface area contributed by atoms with Crippen LogP contribution in [0, 0.1) is 11.3 Å². The van der Waals surface area contributed by atoms with Crippen LogP contribution in [0.5, 0.6) is 0 Å². The maximum atomic E-state index is 12.9. The molecule has 0 aliphatic heterocycles. The molecular weight excluding hydrogens is 342 g/mol. The molecule has 0 heterocycles. The van der Waals surface area contributed by atoms with E-state index in [2.05, 4.69) is 6.07 Å². The number of ether oxygens (including phenoxy) is 1. The topological polar surface area (TPSA) is 73.6 Å². The summed E-state index contributed by atoms with van der Waals surface area (Å²) in [6.07, 6.45) is 0.232. The molecular formula is C21H23N3O3. The van der Waals surface area contributed by atoms with Crippen molar-refractivity contribution in [1.82, 2.24) is 4.90 Å². The summed E-state index contributed by atoms with van der Waals surface area (Å²) in [5.74, 6) is -0.571. The number of amides is 1. The van der Waals surface area contributed by atoms with Gasteiger partial charge in [-0.1, -0.05) is 48.5 Å². The molecule has 0 spiro atoms. The number of hydrogen-bond acceptors (Lipinski definition) is 5. The second-order valence-electron chi connectivity index (χ2n) is 6.00. The third kappa shape index (κ3) is 6.57. The van der Waals surface area contributed by atoms with Crippen molar-refractivity contribution in [2.24, 2.45) is 0 Å². The predicted octanol–water partition coefficient (Wildman–Crippen LogP) is 2.61. The van der Waals surface area contributed by atoms with Gasteiger partial charge in [0.05, 0.1) is 32.7 Å². The second kappa shape index (κ2) is 10.7. The first kappa shape index (κ1) is 20.1. The van der Waals surface area contributed by atoms with Crippen LogP contribution < -0.4 is 4.90 Å². The largest absolute Gasteiger partial charge is 0.468 e. The number of nitrogens with zero attached hydrogens (tertiary/aromatic N) is 3. The maximum absolute atomic E-state index is 12.9. The van der Waals surface area contributed by atoms with E-state index < -0.39 is 5.97 Å². The highest BCUT2D eigenvalue weighted by Crippen LogP contribution is 2.15. The zero-order valence-electron chi connectivity index (χ0n) is 15.4. The molecule has 0 saturated carbocycles. The molecule has 1 amide bonds. The standard InChI is InChI=1S/C21H23N3O3/c1-27-21(26)17-23(15-18-9-4-2-5-10-18)16-20(25)24(14-8-13-22)19-11-6-3-7-12-19/h2-7,9-12H,8,14-17H2,1H3. The SMILES string of the molecule is COC(=O)CN(CC(=O)N(CCC#N)c1ccccc1)Cc1ccccc1. The van der Waals surface area contributed by atoms with Crippen molar-refractivity contribution in [2.75, 3.05) is 31.6 Å². The highest BCUT2D eigenvalue weighted by molar-refractivity contribution is 5.95. The molecule has 27 heavy (non-hydrogen) atoms. The predicted molar refractivity (Wildman–Crippen MR) is 103 cm³/mol. The summed E-state index contributed by atoms with van der Waals surface area (Å²) in [5, 5.41) is 8.91. The molecule has 2 aromatic rings. The molecule has 6 nitrogen and oxygen atoms in total. The average Bonchev–Trinajstić information content (AvgIpc) is 2.69. The van der Waals surface area contributed by atoms with Crippen molar-refractivity contribution in [3.63, 3.8) is 0 Å². The summed E-state index contributed by atoms with van der Waals surface area (Å²) < 4.78 is 4.76. The average molecular weight is 365 g/mol. The van der Waals surface area contributed by atoms with E-state index >= 15 is 0 Å². The van der Waals surface area contributed by atoms with Crippen molar-refractivity contribution in [3.8, 4) is 6.07 Å². The molecule has 0 N–H and O–H groups in total. The van der Waals surface area contributed by atoms with Gasteiger partial charge in [-0.15, -0.1) is 0 Å². The molecule has 0 atom stereocenters. The molecule has 2 aromatic carbocycles. The third-order valence-corrected chi connectivity index (χ3v) is 4.00. The van der Waals surface area contributed by atoms with Crippen LogP contribution in [0.1, 0.15) is 12.0 Å². The molecule has 0 fully saturated rings. The zero-order valence-corrected chi connectivity index (χ0v) is 15.4. The van der Waals surface area contributed by atoms with Crippen LogP contribution in [0.25, 0.3) is 0 Å². The number of esters is 1. The van der Waals surface area contributed by atoms with Crippen molar-refractivity contribution in [1.29, 1.82) is 5.26 Å². The Kier molecular flexibility index (Phi) is 8.01. The van der Waals surface area contributed by atoms with Crippen LogP contribution in [-0.4, -0.2) is 43.5 Å². The van der Waals surface area contributed by atoms with Crippen LogP contribution in [0.4, 0.5) is 5.69 Å². The van der Waals surface area contributed by atoms with Gasteiger partial charge in [-0.05, 0) is 17.7 Å². The molecule has 6 heteroatoms. The smallest absolute Gasteiger partial charge is 0.319 e.